The maximum Gasteiger partial charge on any atom is 0.272 e. The Hall–Kier alpha value is -2.08. The third-order valence-corrected chi connectivity index (χ3v) is 3.42. The molecule has 0 fully saturated rings. The summed E-state index contributed by atoms with van der Waals surface area (Å²) in [5.74, 6) is -0.306. The summed E-state index contributed by atoms with van der Waals surface area (Å²) in [5.41, 5.74) is 0.690. The lowest BCUT2D eigenvalue weighted by Gasteiger charge is -2.05. The number of non-ortho nitro benzene ring substituents is 1. The van der Waals surface area contributed by atoms with E-state index in [1.165, 1.54) is 36.0 Å². The number of benzene rings is 2. The van der Waals surface area contributed by atoms with Crippen LogP contribution in [0.4, 0.5) is 15.8 Å². The zero-order valence-electron chi connectivity index (χ0n) is 10.1. The Morgan fingerprint density at radius 3 is 2.42 bits per heavy atom. The van der Waals surface area contributed by atoms with E-state index >= 15 is 0 Å². The predicted molar refractivity (Wildman–Crippen MR) is 73.2 cm³/mol. The minimum Gasteiger partial charge on any atom is -0.388 e. The van der Waals surface area contributed by atoms with E-state index in [0.717, 1.165) is 9.79 Å². The van der Waals surface area contributed by atoms with Gasteiger partial charge in [0.05, 0.1) is 4.92 Å². The van der Waals surface area contributed by atoms with Gasteiger partial charge in [-0.1, -0.05) is 11.8 Å². The van der Waals surface area contributed by atoms with E-state index in [-0.39, 0.29) is 11.5 Å². The van der Waals surface area contributed by atoms with Gasteiger partial charge in [0.2, 0.25) is 0 Å². The molecule has 0 aliphatic heterocycles. The van der Waals surface area contributed by atoms with Crippen molar-refractivity contribution in [1.29, 1.82) is 0 Å². The molecule has 98 valence electrons. The van der Waals surface area contributed by atoms with Crippen molar-refractivity contribution in [3.8, 4) is 0 Å². The third-order valence-electron chi connectivity index (χ3n) is 2.44. The Kier molecular flexibility index (Phi) is 4.01. The van der Waals surface area contributed by atoms with Crippen LogP contribution in [-0.2, 0) is 0 Å². The zero-order chi connectivity index (χ0) is 13.8. The first-order valence-corrected chi connectivity index (χ1v) is 6.31. The molecule has 0 heterocycles. The number of hydrogen-bond donors (Lipinski definition) is 1. The first-order chi connectivity index (χ1) is 9.08. The number of rotatable bonds is 4. The summed E-state index contributed by atoms with van der Waals surface area (Å²) in [7, 11) is 1.70. The summed E-state index contributed by atoms with van der Waals surface area (Å²) in [6, 6.07) is 10.8. The monoisotopic (exact) mass is 278 g/mol. The molecule has 0 bridgehead atoms. The Balaban J connectivity index is 2.31. The van der Waals surface area contributed by atoms with Gasteiger partial charge in [-0.2, -0.15) is 0 Å². The molecule has 1 N–H and O–H groups in total. The molecule has 4 nitrogen and oxygen atoms in total. The maximum atomic E-state index is 12.8. The normalized spacial score (nSPS) is 10.2. The topological polar surface area (TPSA) is 55.2 Å². The van der Waals surface area contributed by atoms with Crippen LogP contribution in [0.15, 0.2) is 52.3 Å². The fourth-order valence-corrected chi connectivity index (χ4v) is 2.44. The van der Waals surface area contributed by atoms with Gasteiger partial charge >= 0.3 is 0 Å². The second kappa shape index (κ2) is 5.71. The molecule has 0 atom stereocenters. The summed E-state index contributed by atoms with van der Waals surface area (Å²) in [6.07, 6.45) is 0. The van der Waals surface area contributed by atoms with E-state index < -0.39 is 4.92 Å². The molecule has 0 unspecified atom stereocenters. The van der Waals surface area contributed by atoms with Crippen LogP contribution in [-0.4, -0.2) is 12.0 Å². The van der Waals surface area contributed by atoms with Gasteiger partial charge in [0.1, 0.15) is 5.82 Å². The summed E-state index contributed by atoms with van der Waals surface area (Å²) in [6.45, 7) is 0. The zero-order valence-corrected chi connectivity index (χ0v) is 10.9. The first kappa shape index (κ1) is 13.4. The van der Waals surface area contributed by atoms with Gasteiger partial charge in [0.15, 0.2) is 0 Å². The van der Waals surface area contributed by atoms with Gasteiger partial charge in [-0.15, -0.1) is 0 Å². The van der Waals surface area contributed by atoms with Gasteiger partial charge in [0, 0.05) is 34.7 Å². The second-order valence-electron chi connectivity index (χ2n) is 3.78. The number of nitrogens with zero attached hydrogens (tertiary/aromatic N) is 1. The van der Waals surface area contributed by atoms with Crippen LogP contribution in [0.5, 0.6) is 0 Å². The minimum absolute atomic E-state index is 0.0245. The molecule has 0 saturated heterocycles. The highest BCUT2D eigenvalue weighted by Crippen LogP contribution is 2.32. The van der Waals surface area contributed by atoms with Crippen molar-refractivity contribution in [3.63, 3.8) is 0 Å². The number of nitro groups is 1. The molecule has 0 amide bonds. The van der Waals surface area contributed by atoms with Crippen LogP contribution >= 0.6 is 11.8 Å². The largest absolute Gasteiger partial charge is 0.388 e. The van der Waals surface area contributed by atoms with Crippen LogP contribution in [0.1, 0.15) is 0 Å². The Morgan fingerprint density at radius 1 is 1.16 bits per heavy atom. The van der Waals surface area contributed by atoms with Crippen LogP contribution in [0, 0.1) is 15.9 Å². The van der Waals surface area contributed by atoms with E-state index in [4.69, 9.17) is 0 Å². The highest BCUT2D eigenvalue weighted by Gasteiger charge is 2.10. The van der Waals surface area contributed by atoms with Crippen molar-refractivity contribution < 1.29 is 9.31 Å². The minimum atomic E-state index is -0.435. The standard InChI is InChI=1S/C13H11FN2O2S/c1-15-10-6-11(16(17)18)8-13(7-10)19-12-4-2-9(14)3-5-12/h2-8,15H,1H3. The number of nitro benzene ring substituents is 1. The lowest BCUT2D eigenvalue weighted by atomic mass is 10.3. The van der Waals surface area contributed by atoms with Crippen molar-refractivity contribution in [2.75, 3.05) is 12.4 Å². The average molecular weight is 278 g/mol. The molecule has 0 aliphatic carbocycles. The fraction of sp³-hybridized carbons (Fsp3) is 0.0769. The van der Waals surface area contributed by atoms with Crippen molar-refractivity contribution in [2.45, 2.75) is 9.79 Å². The first-order valence-electron chi connectivity index (χ1n) is 5.49. The Labute approximate surface area is 113 Å². The average Bonchev–Trinajstić information content (AvgIpc) is 2.41. The molecule has 0 aliphatic rings. The molecular formula is C13H11FN2O2S. The third kappa shape index (κ3) is 3.45. The van der Waals surface area contributed by atoms with E-state index in [1.54, 1.807) is 25.2 Å². The highest BCUT2D eigenvalue weighted by atomic mass is 32.2. The molecule has 0 aromatic heterocycles. The number of halogens is 1. The van der Waals surface area contributed by atoms with Crippen LogP contribution in [0.2, 0.25) is 0 Å². The maximum absolute atomic E-state index is 12.8. The summed E-state index contributed by atoms with van der Waals surface area (Å²) < 4.78 is 12.8. The quantitative estimate of drug-likeness (QED) is 0.680. The molecule has 0 spiro atoms. The molecule has 2 rings (SSSR count). The lowest BCUT2D eigenvalue weighted by molar-refractivity contribution is -0.385. The SMILES string of the molecule is CNc1cc(Sc2ccc(F)cc2)cc([N+](=O)[O-])c1. The van der Waals surface area contributed by atoms with Crippen LogP contribution in [0.25, 0.3) is 0 Å². The summed E-state index contributed by atoms with van der Waals surface area (Å²) in [5, 5.41) is 13.7. The Morgan fingerprint density at radius 2 is 1.84 bits per heavy atom. The van der Waals surface area contributed by atoms with Crippen molar-refractivity contribution in [1.82, 2.24) is 0 Å². The smallest absolute Gasteiger partial charge is 0.272 e. The molecule has 6 heteroatoms. The number of hydrogen-bond acceptors (Lipinski definition) is 4. The molecule has 2 aromatic carbocycles. The molecule has 2 aromatic rings. The van der Waals surface area contributed by atoms with Crippen LogP contribution < -0.4 is 5.32 Å². The van der Waals surface area contributed by atoms with Crippen molar-refractivity contribution in [2.24, 2.45) is 0 Å². The predicted octanol–water partition coefficient (Wildman–Crippen LogP) is 3.93. The van der Waals surface area contributed by atoms with Gasteiger partial charge in [-0.3, -0.25) is 10.1 Å². The van der Waals surface area contributed by atoms with Crippen molar-refractivity contribution in [3.05, 3.63) is 58.4 Å². The number of nitrogens with one attached hydrogen (secondary N) is 1. The molecule has 19 heavy (non-hydrogen) atoms. The fourth-order valence-electron chi connectivity index (χ4n) is 1.53. The molecular weight excluding hydrogens is 267 g/mol. The van der Waals surface area contributed by atoms with Gasteiger partial charge in [-0.05, 0) is 30.3 Å². The van der Waals surface area contributed by atoms with Crippen LogP contribution in [0.3, 0.4) is 0 Å². The lowest BCUT2D eigenvalue weighted by Crippen LogP contribution is -1.93. The van der Waals surface area contributed by atoms with Crippen molar-refractivity contribution >= 4 is 23.1 Å². The summed E-state index contributed by atoms with van der Waals surface area (Å²) in [4.78, 5) is 12.0. The Bertz CT molecular complexity index is 602. The van der Waals surface area contributed by atoms with Gasteiger partial charge in [0.25, 0.3) is 5.69 Å². The van der Waals surface area contributed by atoms with Gasteiger partial charge in [-0.25, -0.2) is 4.39 Å². The van der Waals surface area contributed by atoms with E-state index in [9.17, 15) is 14.5 Å². The summed E-state index contributed by atoms with van der Waals surface area (Å²) >= 11 is 1.35. The second-order valence-corrected chi connectivity index (χ2v) is 4.93. The van der Waals surface area contributed by atoms with Gasteiger partial charge < -0.3 is 5.32 Å². The number of anilines is 1. The van der Waals surface area contributed by atoms with E-state index in [0.29, 0.717) is 5.69 Å². The van der Waals surface area contributed by atoms with E-state index in [1.807, 2.05) is 0 Å². The highest BCUT2D eigenvalue weighted by molar-refractivity contribution is 7.99. The molecule has 0 saturated carbocycles. The van der Waals surface area contributed by atoms with E-state index in [2.05, 4.69) is 5.32 Å². The molecule has 0 radical (unpaired) electrons.